The molecule has 2 aromatic rings. The Hall–Kier alpha value is -2.67. The molecule has 2 fully saturated rings. The summed E-state index contributed by atoms with van der Waals surface area (Å²) in [6, 6.07) is 9.41. The Morgan fingerprint density at radius 1 is 1.16 bits per heavy atom. The third kappa shape index (κ3) is 4.88. The Morgan fingerprint density at radius 2 is 1.88 bits per heavy atom. The number of carbonyl (C=O) groups excluding carboxylic acids is 2. The second-order valence-electron chi connectivity index (χ2n) is 9.14. The lowest BCUT2D eigenvalue weighted by atomic mass is 9.75. The predicted octanol–water partition coefficient (Wildman–Crippen LogP) is 3.51. The highest BCUT2D eigenvalue weighted by atomic mass is 16.5. The van der Waals surface area contributed by atoms with Gasteiger partial charge >= 0.3 is 0 Å². The molecular weight excluding hydrogens is 406 g/mol. The van der Waals surface area contributed by atoms with Crippen molar-refractivity contribution < 1.29 is 18.8 Å². The summed E-state index contributed by atoms with van der Waals surface area (Å²) in [5.41, 5.74) is 2.25. The van der Waals surface area contributed by atoms with Crippen LogP contribution in [0.25, 0.3) is 11.3 Å². The van der Waals surface area contributed by atoms with Crippen LogP contribution in [0, 0.1) is 12.3 Å². The molecule has 172 valence electrons. The smallest absolute Gasteiger partial charge is 0.244 e. The van der Waals surface area contributed by atoms with Gasteiger partial charge in [-0.2, -0.15) is 0 Å². The minimum atomic E-state index is -0.669. The number of likely N-dealkylation sites (tertiary alicyclic amines) is 1. The van der Waals surface area contributed by atoms with Gasteiger partial charge in [-0.15, -0.1) is 0 Å². The number of aromatic nitrogens is 1. The summed E-state index contributed by atoms with van der Waals surface area (Å²) in [7, 11) is 0. The van der Waals surface area contributed by atoms with Gasteiger partial charge in [0.25, 0.3) is 0 Å². The molecule has 32 heavy (non-hydrogen) atoms. The van der Waals surface area contributed by atoms with Crippen LogP contribution >= 0.6 is 0 Å². The SMILES string of the molecule is Cc1ccccc1-c1cc(CC2(C(=O)NC(C)C(=O)N3CCCCC3)CCOCC2)on1. The third-order valence-electron chi connectivity index (χ3n) is 6.81. The topological polar surface area (TPSA) is 84.7 Å². The molecular formula is C25H33N3O4. The quantitative estimate of drug-likeness (QED) is 0.745. The minimum Gasteiger partial charge on any atom is -0.381 e. The number of piperidine rings is 1. The highest BCUT2D eigenvalue weighted by Crippen LogP contribution is 2.36. The molecule has 0 aliphatic carbocycles. The summed E-state index contributed by atoms with van der Waals surface area (Å²) in [4.78, 5) is 28.2. The fourth-order valence-electron chi connectivity index (χ4n) is 4.76. The Bertz CT molecular complexity index is 942. The van der Waals surface area contributed by atoms with E-state index in [9.17, 15) is 9.59 Å². The standard InChI is InChI=1S/C25H33N3O4/c1-18-8-4-5-9-21(18)22-16-20(32-27-22)17-25(10-14-31-15-11-25)24(30)26-19(2)23(29)28-12-6-3-7-13-28/h4-5,8-9,16,19H,3,6-7,10-15,17H2,1-2H3,(H,26,30). The Kier molecular flexibility index (Phi) is 6.94. The van der Waals surface area contributed by atoms with E-state index in [1.54, 1.807) is 6.92 Å². The summed E-state index contributed by atoms with van der Waals surface area (Å²) in [6.45, 7) is 6.40. The van der Waals surface area contributed by atoms with E-state index in [2.05, 4.69) is 10.5 Å². The first-order valence-corrected chi connectivity index (χ1v) is 11.7. The molecule has 1 atom stereocenters. The summed E-state index contributed by atoms with van der Waals surface area (Å²) in [5, 5.41) is 7.26. The van der Waals surface area contributed by atoms with Crippen molar-refractivity contribution in [1.82, 2.24) is 15.4 Å². The lowest BCUT2D eigenvalue weighted by Crippen LogP contribution is -2.54. The highest BCUT2D eigenvalue weighted by Gasteiger charge is 2.42. The number of benzene rings is 1. The van der Waals surface area contributed by atoms with Crippen LogP contribution in [0.1, 0.15) is 50.4 Å². The van der Waals surface area contributed by atoms with Gasteiger partial charge in [-0.25, -0.2) is 0 Å². The van der Waals surface area contributed by atoms with Crippen LogP contribution in [0.3, 0.4) is 0 Å². The first-order valence-electron chi connectivity index (χ1n) is 11.7. The van der Waals surface area contributed by atoms with Crippen LogP contribution in [-0.2, 0) is 20.7 Å². The minimum absolute atomic E-state index is 0.00163. The van der Waals surface area contributed by atoms with E-state index < -0.39 is 11.5 Å². The van der Waals surface area contributed by atoms with E-state index >= 15 is 0 Å². The van der Waals surface area contributed by atoms with Gasteiger partial charge in [0.05, 0.1) is 5.41 Å². The number of nitrogens with zero attached hydrogens (tertiary/aromatic N) is 2. The van der Waals surface area contributed by atoms with Crippen LogP contribution in [0.5, 0.6) is 0 Å². The fourth-order valence-corrected chi connectivity index (χ4v) is 4.76. The second-order valence-corrected chi connectivity index (χ2v) is 9.14. The van der Waals surface area contributed by atoms with Crippen molar-refractivity contribution in [1.29, 1.82) is 0 Å². The van der Waals surface area contributed by atoms with E-state index in [-0.39, 0.29) is 11.8 Å². The molecule has 7 heteroatoms. The number of hydrogen-bond acceptors (Lipinski definition) is 5. The van der Waals surface area contributed by atoms with Crippen LogP contribution in [-0.4, -0.2) is 54.2 Å². The summed E-state index contributed by atoms with van der Waals surface area (Å²) >= 11 is 0. The van der Waals surface area contributed by atoms with Crippen molar-refractivity contribution >= 4 is 11.8 Å². The number of hydrogen-bond donors (Lipinski definition) is 1. The van der Waals surface area contributed by atoms with Crippen LogP contribution in [0.4, 0.5) is 0 Å². The summed E-state index contributed by atoms with van der Waals surface area (Å²) in [6.07, 6.45) is 4.83. The molecule has 2 aliphatic rings. The van der Waals surface area contributed by atoms with Gasteiger partial charge in [-0.05, 0) is 51.5 Å². The van der Waals surface area contributed by atoms with E-state index in [0.29, 0.717) is 38.2 Å². The van der Waals surface area contributed by atoms with Crippen molar-refractivity contribution in [2.45, 2.75) is 58.4 Å². The van der Waals surface area contributed by atoms with Crippen LogP contribution in [0.2, 0.25) is 0 Å². The van der Waals surface area contributed by atoms with Gasteiger partial charge in [-0.3, -0.25) is 9.59 Å². The van der Waals surface area contributed by atoms with Gasteiger partial charge in [-0.1, -0.05) is 29.4 Å². The molecule has 0 radical (unpaired) electrons. The molecule has 4 rings (SSSR count). The zero-order chi connectivity index (χ0) is 22.6. The molecule has 1 aromatic carbocycles. The molecule has 1 unspecified atom stereocenters. The van der Waals surface area contributed by atoms with Crippen molar-refractivity contribution in [3.63, 3.8) is 0 Å². The monoisotopic (exact) mass is 439 g/mol. The molecule has 0 saturated carbocycles. The van der Waals surface area contributed by atoms with Crippen molar-refractivity contribution in [2.75, 3.05) is 26.3 Å². The number of carbonyl (C=O) groups is 2. The predicted molar refractivity (Wildman–Crippen MR) is 121 cm³/mol. The molecule has 0 bridgehead atoms. The van der Waals surface area contributed by atoms with Gasteiger partial charge in [0.15, 0.2) is 0 Å². The summed E-state index contributed by atoms with van der Waals surface area (Å²) in [5.74, 6) is 0.574. The average Bonchev–Trinajstić information content (AvgIpc) is 3.28. The molecule has 2 saturated heterocycles. The van der Waals surface area contributed by atoms with Gasteiger partial charge in [0.1, 0.15) is 17.5 Å². The lowest BCUT2D eigenvalue weighted by molar-refractivity contribution is -0.143. The van der Waals surface area contributed by atoms with Crippen molar-refractivity contribution in [3.05, 3.63) is 41.7 Å². The van der Waals surface area contributed by atoms with Gasteiger partial charge < -0.3 is 19.5 Å². The lowest BCUT2D eigenvalue weighted by Gasteiger charge is -2.36. The maximum atomic E-state index is 13.5. The molecule has 7 nitrogen and oxygen atoms in total. The maximum Gasteiger partial charge on any atom is 0.244 e. The largest absolute Gasteiger partial charge is 0.381 e. The zero-order valence-electron chi connectivity index (χ0n) is 19.1. The number of amides is 2. The Morgan fingerprint density at radius 3 is 2.59 bits per heavy atom. The van der Waals surface area contributed by atoms with Crippen molar-refractivity contribution in [2.24, 2.45) is 5.41 Å². The normalized spacial score (nSPS) is 19.4. The molecule has 0 spiro atoms. The van der Waals surface area contributed by atoms with Crippen molar-refractivity contribution in [3.8, 4) is 11.3 Å². The van der Waals surface area contributed by atoms with Crippen LogP contribution < -0.4 is 5.32 Å². The Balaban J connectivity index is 1.48. The molecule has 2 aliphatic heterocycles. The van der Waals surface area contributed by atoms with Crippen LogP contribution in [0.15, 0.2) is 34.9 Å². The molecule has 1 N–H and O–H groups in total. The van der Waals surface area contributed by atoms with E-state index in [0.717, 1.165) is 49.2 Å². The zero-order valence-corrected chi connectivity index (χ0v) is 19.1. The molecule has 1 aromatic heterocycles. The number of nitrogens with one attached hydrogen (secondary N) is 1. The number of aryl methyl sites for hydroxylation is 1. The van der Waals surface area contributed by atoms with E-state index in [1.807, 2.05) is 42.2 Å². The first-order chi connectivity index (χ1) is 15.5. The first kappa shape index (κ1) is 22.5. The third-order valence-corrected chi connectivity index (χ3v) is 6.81. The van der Waals surface area contributed by atoms with Gasteiger partial charge in [0, 0.05) is 44.4 Å². The van der Waals surface area contributed by atoms with Gasteiger partial charge in [0.2, 0.25) is 11.8 Å². The fraction of sp³-hybridized carbons (Fsp3) is 0.560. The second kappa shape index (κ2) is 9.86. The average molecular weight is 440 g/mol. The highest BCUT2D eigenvalue weighted by molar-refractivity contribution is 5.90. The number of rotatable bonds is 6. The summed E-state index contributed by atoms with van der Waals surface area (Å²) < 4.78 is 11.2. The maximum absolute atomic E-state index is 13.5. The number of ether oxygens (including phenoxy) is 1. The van der Waals surface area contributed by atoms with E-state index in [4.69, 9.17) is 9.26 Å². The molecule has 2 amide bonds. The Labute approximate surface area is 189 Å². The van der Waals surface area contributed by atoms with E-state index in [1.165, 1.54) is 0 Å². The molecule has 3 heterocycles.